The Hall–Kier alpha value is -1.84. The number of rotatable bonds is 2. The highest BCUT2D eigenvalue weighted by Crippen LogP contribution is 2.28. The number of nitrogens with zero attached hydrogens (tertiary/aromatic N) is 1. The van der Waals surface area contributed by atoms with Gasteiger partial charge in [-0.1, -0.05) is 26.0 Å². The molecular weight excluding hydrogens is 252 g/mol. The molecule has 2 amide bonds. The number of amides is 2. The quantitative estimate of drug-likeness (QED) is 0.898. The number of aryl methyl sites for hydroxylation is 1. The number of carbonyl (C=O) groups excluding carboxylic acids is 2. The van der Waals surface area contributed by atoms with E-state index in [1.54, 1.807) is 11.8 Å². The standard InChI is InChI=1S/C16H22N2O2/c1-9(2)14-16(20)18(12(5)15(19)17-14)13-8-6-7-10(3)11(13)4/h6-9,12,14H,1-5H3,(H,17,19). The minimum atomic E-state index is -0.474. The van der Waals surface area contributed by atoms with Crippen LogP contribution in [0.25, 0.3) is 0 Å². The van der Waals surface area contributed by atoms with Crippen LogP contribution in [0.2, 0.25) is 0 Å². The maximum Gasteiger partial charge on any atom is 0.250 e. The van der Waals surface area contributed by atoms with Gasteiger partial charge in [-0.2, -0.15) is 0 Å². The summed E-state index contributed by atoms with van der Waals surface area (Å²) in [5.74, 6) is -0.0448. The third-order valence-electron chi connectivity index (χ3n) is 4.07. The maximum atomic E-state index is 12.7. The fraction of sp³-hybridized carbons (Fsp3) is 0.500. The minimum Gasteiger partial charge on any atom is -0.342 e. The highest BCUT2D eigenvalue weighted by Gasteiger charge is 2.40. The van der Waals surface area contributed by atoms with E-state index >= 15 is 0 Å². The number of hydrogen-bond acceptors (Lipinski definition) is 2. The van der Waals surface area contributed by atoms with Gasteiger partial charge in [-0.15, -0.1) is 0 Å². The summed E-state index contributed by atoms with van der Waals surface area (Å²) in [6.07, 6.45) is 0. The molecule has 20 heavy (non-hydrogen) atoms. The van der Waals surface area contributed by atoms with E-state index in [4.69, 9.17) is 0 Å². The van der Waals surface area contributed by atoms with Gasteiger partial charge < -0.3 is 5.32 Å². The average Bonchev–Trinajstić information content (AvgIpc) is 2.38. The Morgan fingerprint density at radius 1 is 1.20 bits per heavy atom. The Labute approximate surface area is 120 Å². The third kappa shape index (κ3) is 2.30. The SMILES string of the molecule is Cc1cccc(N2C(=O)C(C(C)C)NC(=O)C2C)c1C. The number of carbonyl (C=O) groups is 2. The maximum absolute atomic E-state index is 12.7. The Bertz CT molecular complexity index is 551. The Kier molecular flexibility index (Phi) is 3.84. The van der Waals surface area contributed by atoms with E-state index in [9.17, 15) is 9.59 Å². The van der Waals surface area contributed by atoms with Gasteiger partial charge >= 0.3 is 0 Å². The highest BCUT2D eigenvalue weighted by molar-refractivity contribution is 6.08. The summed E-state index contributed by atoms with van der Waals surface area (Å²) in [5.41, 5.74) is 3.00. The van der Waals surface area contributed by atoms with Gasteiger partial charge in [0.05, 0.1) is 0 Å². The van der Waals surface area contributed by atoms with Crippen molar-refractivity contribution in [3.05, 3.63) is 29.3 Å². The Morgan fingerprint density at radius 2 is 1.85 bits per heavy atom. The zero-order valence-corrected chi connectivity index (χ0v) is 12.7. The predicted octanol–water partition coefficient (Wildman–Crippen LogP) is 2.18. The van der Waals surface area contributed by atoms with Crippen molar-refractivity contribution in [1.29, 1.82) is 0 Å². The van der Waals surface area contributed by atoms with Crippen molar-refractivity contribution in [2.75, 3.05) is 4.90 Å². The molecule has 0 aliphatic carbocycles. The van der Waals surface area contributed by atoms with Crippen LogP contribution < -0.4 is 10.2 Å². The normalized spacial score (nSPS) is 23.2. The molecule has 1 aromatic carbocycles. The Morgan fingerprint density at radius 3 is 2.45 bits per heavy atom. The van der Waals surface area contributed by atoms with Crippen molar-refractivity contribution in [2.45, 2.75) is 46.7 Å². The largest absolute Gasteiger partial charge is 0.342 e. The molecule has 1 aliphatic rings. The molecule has 1 heterocycles. The molecule has 1 aromatic rings. The Balaban J connectivity index is 2.49. The summed E-state index contributed by atoms with van der Waals surface area (Å²) in [6.45, 7) is 9.66. The smallest absolute Gasteiger partial charge is 0.250 e. The van der Waals surface area contributed by atoms with Gasteiger partial charge in [0.2, 0.25) is 5.91 Å². The van der Waals surface area contributed by atoms with Crippen molar-refractivity contribution in [3.8, 4) is 0 Å². The molecule has 0 spiro atoms. The van der Waals surface area contributed by atoms with Crippen LogP contribution in [0.3, 0.4) is 0 Å². The lowest BCUT2D eigenvalue weighted by Gasteiger charge is -2.39. The molecule has 2 atom stereocenters. The fourth-order valence-electron chi connectivity index (χ4n) is 2.57. The second-order valence-corrected chi connectivity index (χ2v) is 5.83. The molecule has 0 saturated carbocycles. The molecule has 4 heteroatoms. The molecule has 1 N–H and O–H groups in total. The van der Waals surface area contributed by atoms with Crippen LogP contribution in [0.4, 0.5) is 5.69 Å². The molecule has 0 bridgehead atoms. The molecule has 1 aliphatic heterocycles. The second kappa shape index (κ2) is 5.27. The van der Waals surface area contributed by atoms with Gasteiger partial charge in [-0.25, -0.2) is 0 Å². The molecule has 1 saturated heterocycles. The molecular formula is C16H22N2O2. The average molecular weight is 274 g/mol. The molecule has 2 rings (SSSR count). The summed E-state index contributed by atoms with van der Waals surface area (Å²) >= 11 is 0. The van der Waals surface area contributed by atoms with Crippen molar-refractivity contribution in [2.24, 2.45) is 5.92 Å². The lowest BCUT2D eigenvalue weighted by Crippen LogP contribution is -2.64. The first kappa shape index (κ1) is 14.6. The van der Waals surface area contributed by atoms with E-state index in [1.807, 2.05) is 45.9 Å². The van der Waals surface area contributed by atoms with Crippen molar-refractivity contribution < 1.29 is 9.59 Å². The van der Waals surface area contributed by atoms with Crippen molar-refractivity contribution in [1.82, 2.24) is 5.32 Å². The van der Waals surface area contributed by atoms with E-state index in [2.05, 4.69) is 5.32 Å². The molecule has 0 radical (unpaired) electrons. The van der Waals surface area contributed by atoms with Crippen LogP contribution in [-0.4, -0.2) is 23.9 Å². The number of hydrogen-bond donors (Lipinski definition) is 1. The predicted molar refractivity (Wildman–Crippen MR) is 79.6 cm³/mol. The lowest BCUT2D eigenvalue weighted by atomic mass is 9.96. The van der Waals surface area contributed by atoms with Gasteiger partial charge in [0.25, 0.3) is 5.91 Å². The van der Waals surface area contributed by atoms with Crippen LogP contribution in [-0.2, 0) is 9.59 Å². The van der Waals surface area contributed by atoms with Crippen LogP contribution >= 0.6 is 0 Å². The number of nitrogens with one attached hydrogen (secondary N) is 1. The lowest BCUT2D eigenvalue weighted by molar-refractivity contribution is -0.134. The highest BCUT2D eigenvalue weighted by atomic mass is 16.2. The van der Waals surface area contributed by atoms with Crippen molar-refractivity contribution >= 4 is 17.5 Å². The summed E-state index contributed by atoms with van der Waals surface area (Å²) in [4.78, 5) is 26.5. The first-order chi connectivity index (χ1) is 9.34. The summed E-state index contributed by atoms with van der Waals surface area (Å²) in [6, 6.07) is 4.93. The third-order valence-corrected chi connectivity index (χ3v) is 4.07. The minimum absolute atomic E-state index is 0.0270. The number of anilines is 1. The number of benzene rings is 1. The monoisotopic (exact) mass is 274 g/mol. The van der Waals surface area contributed by atoms with Crippen LogP contribution in [0.15, 0.2) is 18.2 Å². The first-order valence-corrected chi connectivity index (χ1v) is 7.04. The second-order valence-electron chi connectivity index (χ2n) is 5.83. The van der Waals surface area contributed by atoms with Gasteiger partial charge in [-0.3, -0.25) is 14.5 Å². The van der Waals surface area contributed by atoms with E-state index < -0.39 is 12.1 Å². The van der Waals surface area contributed by atoms with Crippen LogP contribution in [0, 0.1) is 19.8 Å². The topological polar surface area (TPSA) is 49.4 Å². The zero-order valence-electron chi connectivity index (χ0n) is 12.7. The molecule has 1 fully saturated rings. The van der Waals surface area contributed by atoms with Crippen molar-refractivity contribution in [3.63, 3.8) is 0 Å². The summed E-state index contributed by atoms with van der Waals surface area (Å²) in [5, 5.41) is 2.82. The van der Waals surface area contributed by atoms with E-state index in [0.29, 0.717) is 0 Å². The van der Waals surface area contributed by atoms with E-state index in [0.717, 1.165) is 16.8 Å². The van der Waals surface area contributed by atoms with Gasteiger partial charge in [0.15, 0.2) is 0 Å². The van der Waals surface area contributed by atoms with Gasteiger partial charge in [-0.05, 0) is 43.9 Å². The van der Waals surface area contributed by atoms with E-state index in [1.165, 1.54) is 0 Å². The van der Waals surface area contributed by atoms with Gasteiger partial charge in [0, 0.05) is 5.69 Å². The first-order valence-electron chi connectivity index (χ1n) is 7.04. The van der Waals surface area contributed by atoms with Crippen LogP contribution in [0.5, 0.6) is 0 Å². The van der Waals surface area contributed by atoms with Gasteiger partial charge in [0.1, 0.15) is 12.1 Å². The number of piperazine rings is 1. The molecule has 108 valence electrons. The molecule has 2 unspecified atom stereocenters. The molecule has 4 nitrogen and oxygen atoms in total. The summed E-state index contributed by atoms with van der Waals surface area (Å²) < 4.78 is 0. The van der Waals surface area contributed by atoms with Crippen LogP contribution in [0.1, 0.15) is 31.9 Å². The molecule has 0 aromatic heterocycles. The fourth-order valence-corrected chi connectivity index (χ4v) is 2.57. The summed E-state index contributed by atoms with van der Waals surface area (Å²) in [7, 11) is 0. The van der Waals surface area contributed by atoms with E-state index in [-0.39, 0.29) is 17.7 Å². The zero-order chi connectivity index (χ0) is 15.0.